The Hall–Kier alpha value is -5.88. The molecule has 0 N–H and O–H groups in total. The number of carbonyl (C=O) groups is 10. The van der Waals surface area contributed by atoms with Crippen molar-refractivity contribution >= 4 is 59.7 Å². The minimum atomic E-state index is -2.00. The van der Waals surface area contributed by atoms with Crippen LogP contribution in [0.25, 0.3) is 0 Å². The molecule has 21 unspecified atom stereocenters. The van der Waals surface area contributed by atoms with Crippen molar-refractivity contribution in [1.29, 1.82) is 0 Å². The Bertz CT molecular complexity index is 2430. The average Bonchev–Trinajstić information content (AvgIpc) is 0.818. The van der Waals surface area contributed by atoms with Gasteiger partial charge in [0.1, 0.15) is 18.8 Å². The molecule has 0 aromatic heterocycles. The highest BCUT2D eigenvalue weighted by molar-refractivity contribution is 5.87. The summed E-state index contributed by atoms with van der Waals surface area (Å²) in [7, 11) is 0. The van der Waals surface area contributed by atoms with Gasteiger partial charge in [-0.05, 0) is 53.9 Å². The van der Waals surface area contributed by atoms with Gasteiger partial charge in [0.05, 0.1) is 24.4 Å². The van der Waals surface area contributed by atoms with Crippen LogP contribution in [0.2, 0.25) is 0 Å². The van der Waals surface area contributed by atoms with Gasteiger partial charge >= 0.3 is 59.7 Å². The number of hydrogen-bond acceptors (Lipinski definition) is 28. The molecule has 504 valence electrons. The van der Waals surface area contributed by atoms with Gasteiger partial charge in [0.15, 0.2) is 92.3 Å². The Morgan fingerprint density at radius 3 is 1.47 bits per heavy atom. The van der Waals surface area contributed by atoms with E-state index in [4.69, 9.17) is 85.3 Å². The van der Waals surface area contributed by atoms with E-state index < -0.39 is 195 Å². The van der Waals surface area contributed by atoms with Crippen molar-refractivity contribution in [2.75, 3.05) is 6.61 Å². The van der Waals surface area contributed by atoms with E-state index in [0.717, 1.165) is 107 Å². The molecule has 0 aromatic rings. The summed E-state index contributed by atoms with van der Waals surface area (Å²) in [4.78, 5) is 132. The van der Waals surface area contributed by atoms with E-state index >= 15 is 0 Å². The first-order valence-corrected chi connectivity index (χ1v) is 30.7. The van der Waals surface area contributed by atoms with Crippen molar-refractivity contribution in [3.05, 3.63) is 11.6 Å². The normalized spacial score (nSPS) is 35.1. The number of ether oxygens (including phenoxy) is 18. The van der Waals surface area contributed by atoms with Gasteiger partial charge in [-0.1, -0.05) is 70.8 Å². The quantitative estimate of drug-likeness (QED) is 0.0754. The minimum Gasteiger partial charge on any atom is -0.463 e. The van der Waals surface area contributed by atoms with Crippen LogP contribution in [0.5, 0.6) is 0 Å². The zero-order valence-electron chi connectivity index (χ0n) is 53.5. The standard InChI is InChI=1S/C61H92O28/c1-15-17-23-26-42-27-24-21-19-18-20-22-25-28-44(70)85-51-47(87-59-53(82-41(14)69)49(79-38(11)66)45(32(5)74-59)76-35(8)63)33(6)75-60(54(51)86-57(71)30(3)16-2)88-56-52(81-40(13)68)48(78-37(10)65)43(29-72-34(7)62)84-61(56)89-55-50(80-39(12)67)46(77-36(9)64)31(4)73-58(55)83-42/h16,31-33,42-43,45-56,58-61H,15,17-29H2,1-14H3. The van der Waals surface area contributed by atoms with Crippen molar-refractivity contribution in [2.45, 2.75) is 309 Å². The van der Waals surface area contributed by atoms with Crippen molar-refractivity contribution in [2.24, 2.45) is 0 Å². The van der Waals surface area contributed by atoms with E-state index in [-0.39, 0.29) is 12.0 Å². The molecule has 0 spiro atoms. The molecule has 28 heteroatoms. The summed E-state index contributed by atoms with van der Waals surface area (Å²) in [6.45, 7) is 17.6. The number of carbonyl (C=O) groups excluding carboxylic acids is 10. The second kappa shape index (κ2) is 35.6. The molecule has 5 rings (SSSR count). The van der Waals surface area contributed by atoms with Crippen LogP contribution in [0.15, 0.2) is 11.6 Å². The van der Waals surface area contributed by atoms with Gasteiger partial charge in [0, 0.05) is 67.4 Å². The van der Waals surface area contributed by atoms with Gasteiger partial charge in [-0.2, -0.15) is 0 Å². The first-order valence-electron chi connectivity index (χ1n) is 30.7. The van der Waals surface area contributed by atoms with E-state index in [1.807, 2.05) is 0 Å². The lowest BCUT2D eigenvalue weighted by atomic mass is 9.95. The highest BCUT2D eigenvalue weighted by Crippen LogP contribution is 2.41. The fourth-order valence-electron chi connectivity index (χ4n) is 11.3. The third-order valence-electron chi connectivity index (χ3n) is 15.3. The molecule has 5 heterocycles. The largest absolute Gasteiger partial charge is 0.463 e. The highest BCUT2D eigenvalue weighted by atomic mass is 16.8. The molecule has 2 bridgehead atoms. The number of hydrogen-bond donors (Lipinski definition) is 0. The second-order valence-electron chi connectivity index (χ2n) is 22.9. The maximum Gasteiger partial charge on any atom is 0.333 e. The third-order valence-corrected chi connectivity index (χ3v) is 15.3. The van der Waals surface area contributed by atoms with Crippen molar-refractivity contribution in [1.82, 2.24) is 0 Å². The van der Waals surface area contributed by atoms with Crippen molar-refractivity contribution < 1.29 is 133 Å². The van der Waals surface area contributed by atoms with E-state index in [2.05, 4.69) is 6.92 Å². The molecule has 0 aliphatic carbocycles. The molecule has 5 saturated heterocycles. The van der Waals surface area contributed by atoms with Crippen LogP contribution < -0.4 is 0 Å². The molecule has 5 aliphatic heterocycles. The van der Waals surface area contributed by atoms with Crippen LogP contribution in [0.4, 0.5) is 0 Å². The predicted molar refractivity (Wildman–Crippen MR) is 302 cm³/mol. The van der Waals surface area contributed by atoms with E-state index in [1.165, 1.54) is 26.8 Å². The summed E-state index contributed by atoms with van der Waals surface area (Å²) in [5, 5.41) is 0. The van der Waals surface area contributed by atoms with Crippen LogP contribution in [0.1, 0.15) is 180 Å². The van der Waals surface area contributed by atoms with Crippen LogP contribution in [-0.4, -0.2) is 195 Å². The molecule has 21 atom stereocenters. The molecule has 5 fully saturated rings. The first-order chi connectivity index (χ1) is 42.1. The highest BCUT2D eigenvalue weighted by Gasteiger charge is 2.61. The molecule has 28 nitrogen and oxygen atoms in total. The number of allylic oxidation sites excluding steroid dienone is 1. The van der Waals surface area contributed by atoms with Gasteiger partial charge in [-0.25, -0.2) is 4.79 Å². The topological polar surface area (TPSA) is 337 Å². The zero-order chi connectivity index (χ0) is 65.8. The predicted octanol–water partition coefficient (Wildman–Crippen LogP) is 5.47. The maximum atomic E-state index is 14.5. The summed E-state index contributed by atoms with van der Waals surface area (Å²) >= 11 is 0. The fraction of sp³-hybridized carbons (Fsp3) is 0.803. The Morgan fingerprint density at radius 2 is 0.910 bits per heavy atom. The fourth-order valence-corrected chi connectivity index (χ4v) is 11.3. The summed E-state index contributed by atoms with van der Waals surface area (Å²) in [6.07, 6.45) is -23.0. The van der Waals surface area contributed by atoms with E-state index in [9.17, 15) is 47.9 Å². The van der Waals surface area contributed by atoms with E-state index in [0.29, 0.717) is 25.7 Å². The molecule has 0 aromatic carbocycles. The third kappa shape index (κ3) is 22.2. The van der Waals surface area contributed by atoms with Crippen LogP contribution in [0.3, 0.4) is 0 Å². The van der Waals surface area contributed by atoms with E-state index in [1.54, 1.807) is 13.8 Å². The minimum absolute atomic E-state index is 0.0332. The van der Waals surface area contributed by atoms with Crippen molar-refractivity contribution in [3.63, 3.8) is 0 Å². The van der Waals surface area contributed by atoms with Crippen LogP contribution in [-0.2, 0) is 133 Å². The number of unbranched alkanes of at least 4 members (excludes halogenated alkanes) is 2. The molecule has 0 amide bonds. The first kappa shape index (κ1) is 73.9. The SMILES string of the molecule is CC=C(C)C(=O)OC1C2OC(C)C(OC3OC(C)C(OC(C)=O)C(OC(C)=O)C3OC(C)=O)C1OC(=O)CCCCCCCCCC(CCCCC)OC1OC(C)C(OC(C)=O)C(OC(C)=O)C1OC1OC(COC(C)=O)C(OC(C)=O)C(OC(C)=O)C1O2. The molecule has 0 radical (unpaired) electrons. The Morgan fingerprint density at radius 1 is 0.449 bits per heavy atom. The average molecular weight is 1270 g/mol. The summed E-state index contributed by atoms with van der Waals surface area (Å²) in [5.74, 6) is -8.76. The number of fused-ring (bicyclic) bond motifs is 4. The van der Waals surface area contributed by atoms with Gasteiger partial charge in [0.25, 0.3) is 0 Å². The lowest BCUT2D eigenvalue weighted by Gasteiger charge is -2.51. The molecular formula is C61H92O28. The monoisotopic (exact) mass is 1270 g/mol. The molecular weight excluding hydrogens is 1180 g/mol. The summed E-state index contributed by atoms with van der Waals surface area (Å²) in [6, 6.07) is 0. The smallest absolute Gasteiger partial charge is 0.333 e. The van der Waals surface area contributed by atoms with Gasteiger partial charge in [-0.3, -0.25) is 43.2 Å². The number of rotatable bonds is 17. The Labute approximate surface area is 519 Å². The van der Waals surface area contributed by atoms with Gasteiger partial charge < -0.3 is 85.3 Å². The summed E-state index contributed by atoms with van der Waals surface area (Å²) < 4.78 is 112. The van der Waals surface area contributed by atoms with Gasteiger partial charge in [0.2, 0.25) is 0 Å². The summed E-state index contributed by atoms with van der Waals surface area (Å²) in [5.41, 5.74) is 0.0332. The molecule has 89 heavy (non-hydrogen) atoms. The molecule has 5 aliphatic rings. The lowest BCUT2D eigenvalue weighted by molar-refractivity contribution is -0.399. The van der Waals surface area contributed by atoms with Gasteiger partial charge in [-0.15, -0.1) is 0 Å². The second-order valence-corrected chi connectivity index (χ2v) is 22.9. The Kier molecular flexibility index (Phi) is 29.6. The Balaban J connectivity index is 1.80. The lowest BCUT2D eigenvalue weighted by Crippen LogP contribution is -2.69. The number of esters is 10. The molecule has 0 saturated carbocycles. The van der Waals surface area contributed by atoms with Crippen molar-refractivity contribution in [3.8, 4) is 0 Å². The maximum absolute atomic E-state index is 14.5. The van der Waals surface area contributed by atoms with Crippen LogP contribution in [0, 0.1) is 0 Å². The van der Waals surface area contributed by atoms with Crippen LogP contribution >= 0.6 is 0 Å². The zero-order valence-corrected chi connectivity index (χ0v) is 53.5.